The molecule has 0 aliphatic heterocycles. The van der Waals surface area contributed by atoms with Gasteiger partial charge in [0.25, 0.3) is 0 Å². The van der Waals surface area contributed by atoms with Gasteiger partial charge in [-0.1, -0.05) is 18.2 Å². The van der Waals surface area contributed by atoms with Gasteiger partial charge < -0.3 is 15.4 Å². The summed E-state index contributed by atoms with van der Waals surface area (Å²) < 4.78 is 4.64. The first-order valence-corrected chi connectivity index (χ1v) is 8.37. The Balaban J connectivity index is 1.67. The molecule has 8 heteroatoms. The third-order valence-corrected chi connectivity index (χ3v) is 4.05. The quantitative estimate of drug-likeness (QED) is 0.683. The van der Waals surface area contributed by atoms with Crippen molar-refractivity contribution in [2.24, 2.45) is 0 Å². The van der Waals surface area contributed by atoms with Gasteiger partial charge in [-0.15, -0.1) is 0 Å². The lowest BCUT2D eigenvalue weighted by Gasteiger charge is -2.16. The minimum absolute atomic E-state index is 0.415. The van der Waals surface area contributed by atoms with E-state index in [2.05, 4.69) is 20.4 Å². The van der Waals surface area contributed by atoms with Gasteiger partial charge >= 0.3 is 17.9 Å². The average molecular weight is 378 g/mol. The Morgan fingerprint density at radius 2 is 1.61 bits per heavy atom. The Morgan fingerprint density at radius 1 is 0.929 bits per heavy atom. The van der Waals surface area contributed by atoms with E-state index < -0.39 is 17.9 Å². The van der Waals surface area contributed by atoms with Crippen LogP contribution in [-0.4, -0.2) is 37.0 Å². The molecule has 0 atom stereocenters. The second-order valence-electron chi connectivity index (χ2n) is 5.86. The number of hydrogen-bond donors (Lipinski definition) is 2. The van der Waals surface area contributed by atoms with E-state index in [1.807, 2.05) is 12.1 Å². The normalized spacial score (nSPS) is 10.2. The zero-order chi connectivity index (χ0) is 20.1. The van der Waals surface area contributed by atoms with Crippen LogP contribution in [0.3, 0.4) is 0 Å². The van der Waals surface area contributed by atoms with Gasteiger partial charge in [0.1, 0.15) is 0 Å². The second-order valence-corrected chi connectivity index (χ2v) is 5.86. The highest BCUT2D eigenvalue weighted by atomic mass is 16.5. The molecule has 0 saturated carbocycles. The van der Waals surface area contributed by atoms with Crippen LogP contribution >= 0.6 is 0 Å². The standard InChI is InChI=1S/C20H18N4O4/c1-24(20(27)28-2)15-10-8-14(9-11-15)22-18(25)19(26)23-16-7-3-5-13-6-4-12-21-17(13)16/h3-12H,1-2H3,(H,22,25)(H,23,26). The molecule has 2 N–H and O–H groups in total. The molecule has 0 aliphatic carbocycles. The van der Waals surface area contributed by atoms with Crippen LogP contribution in [0.2, 0.25) is 0 Å². The summed E-state index contributed by atoms with van der Waals surface area (Å²) in [5.74, 6) is -1.63. The summed E-state index contributed by atoms with van der Waals surface area (Å²) in [6.45, 7) is 0. The number of ether oxygens (including phenoxy) is 1. The van der Waals surface area contributed by atoms with E-state index in [-0.39, 0.29) is 0 Å². The van der Waals surface area contributed by atoms with Crippen LogP contribution in [-0.2, 0) is 14.3 Å². The number of nitrogens with zero attached hydrogens (tertiary/aromatic N) is 2. The maximum atomic E-state index is 12.2. The summed E-state index contributed by atoms with van der Waals surface area (Å²) in [4.78, 5) is 41.5. The first-order valence-electron chi connectivity index (χ1n) is 8.37. The van der Waals surface area contributed by atoms with Crippen LogP contribution in [0.1, 0.15) is 0 Å². The average Bonchev–Trinajstić information content (AvgIpc) is 2.73. The highest BCUT2D eigenvalue weighted by Crippen LogP contribution is 2.21. The molecule has 0 unspecified atom stereocenters. The number of nitrogens with one attached hydrogen (secondary N) is 2. The van der Waals surface area contributed by atoms with Gasteiger partial charge in [0, 0.05) is 30.0 Å². The molecule has 0 saturated heterocycles. The molecule has 8 nitrogen and oxygen atoms in total. The number of benzene rings is 2. The molecule has 1 heterocycles. The monoisotopic (exact) mass is 378 g/mol. The highest BCUT2D eigenvalue weighted by Gasteiger charge is 2.16. The van der Waals surface area contributed by atoms with E-state index in [1.54, 1.807) is 55.7 Å². The molecule has 1 aromatic heterocycles. The minimum Gasteiger partial charge on any atom is -0.452 e. The maximum Gasteiger partial charge on any atom is 0.413 e. The highest BCUT2D eigenvalue weighted by molar-refractivity contribution is 6.44. The number of hydrogen-bond acceptors (Lipinski definition) is 5. The van der Waals surface area contributed by atoms with Crippen LogP contribution in [0.25, 0.3) is 10.9 Å². The van der Waals surface area contributed by atoms with E-state index in [4.69, 9.17) is 0 Å². The number of anilines is 3. The van der Waals surface area contributed by atoms with Crippen molar-refractivity contribution in [3.63, 3.8) is 0 Å². The van der Waals surface area contributed by atoms with Crippen LogP contribution < -0.4 is 15.5 Å². The van der Waals surface area contributed by atoms with Crippen molar-refractivity contribution < 1.29 is 19.1 Å². The van der Waals surface area contributed by atoms with E-state index in [1.165, 1.54) is 12.0 Å². The van der Waals surface area contributed by atoms with Crippen molar-refractivity contribution >= 4 is 45.9 Å². The zero-order valence-electron chi connectivity index (χ0n) is 15.3. The third kappa shape index (κ3) is 4.07. The molecular formula is C20H18N4O4. The Kier molecular flexibility index (Phi) is 5.50. The molecule has 142 valence electrons. The predicted octanol–water partition coefficient (Wildman–Crippen LogP) is 3.01. The van der Waals surface area contributed by atoms with Crippen molar-refractivity contribution in [2.45, 2.75) is 0 Å². The van der Waals surface area contributed by atoms with Crippen LogP contribution in [0.15, 0.2) is 60.8 Å². The van der Waals surface area contributed by atoms with Gasteiger partial charge in [0.2, 0.25) is 0 Å². The number of rotatable bonds is 3. The predicted molar refractivity (Wildman–Crippen MR) is 106 cm³/mol. The van der Waals surface area contributed by atoms with E-state index in [9.17, 15) is 14.4 Å². The third-order valence-electron chi connectivity index (χ3n) is 4.05. The van der Waals surface area contributed by atoms with Gasteiger partial charge in [-0.25, -0.2) is 4.79 Å². The number of methoxy groups -OCH3 is 1. The maximum absolute atomic E-state index is 12.2. The fourth-order valence-electron chi connectivity index (χ4n) is 2.58. The lowest BCUT2D eigenvalue weighted by atomic mass is 10.2. The fraction of sp³-hybridized carbons (Fsp3) is 0.100. The van der Waals surface area contributed by atoms with Gasteiger partial charge in [-0.3, -0.25) is 19.5 Å². The molecule has 0 aliphatic rings. The molecule has 0 bridgehead atoms. The largest absolute Gasteiger partial charge is 0.452 e. The van der Waals surface area contributed by atoms with E-state index in [0.717, 1.165) is 5.39 Å². The summed E-state index contributed by atoms with van der Waals surface area (Å²) in [6.07, 6.45) is 1.10. The van der Waals surface area contributed by atoms with E-state index >= 15 is 0 Å². The number of pyridine rings is 1. The molecule has 3 amide bonds. The Labute approximate surface area is 161 Å². The van der Waals surface area contributed by atoms with Crippen molar-refractivity contribution in [1.29, 1.82) is 0 Å². The molecule has 0 spiro atoms. The Bertz CT molecular complexity index is 1030. The molecule has 0 radical (unpaired) electrons. The molecule has 2 aromatic carbocycles. The summed E-state index contributed by atoms with van der Waals surface area (Å²) in [5, 5.41) is 5.94. The van der Waals surface area contributed by atoms with E-state index in [0.29, 0.717) is 22.6 Å². The second kappa shape index (κ2) is 8.17. The van der Waals surface area contributed by atoms with Crippen molar-refractivity contribution in [3.8, 4) is 0 Å². The summed E-state index contributed by atoms with van der Waals surface area (Å²) in [5.41, 5.74) is 2.05. The Morgan fingerprint density at radius 3 is 2.32 bits per heavy atom. The van der Waals surface area contributed by atoms with Crippen LogP contribution in [0, 0.1) is 0 Å². The molecule has 3 aromatic rings. The minimum atomic E-state index is -0.818. The number of carbonyl (C=O) groups excluding carboxylic acids is 3. The van der Waals surface area contributed by atoms with Crippen LogP contribution in [0.4, 0.5) is 21.9 Å². The number of amides is 3. The van der Waals surface area contributed by atoms with Crippen molar-refractivity contribution in [2.75, 3.05) is 29.7 Å². The molecule has 0 fully saturated rings. The lowest BCUT2D eigenvalue weighted by molar-refractivity contribution is -0.132. The van der Waals surface area contributed by atoms with Gasteiger partial charge in [-0.2, -0.15) is 0 Å². The van der Waals surface area contributed by atoms with Crippen molar-refractivity contribution in [1.82, 2.24) is 4.98 Å². The first-order chi connectivity index (χ1) is 13.5. The van der Waals surface area contributed by atoms with Crippen LogP contribution in [0.5, 0.6) is 0 Å². The molecular weight excluding hydrogens is 360 g/mol. The SMILES string of the molecule is COC(=O)N(C)c1ccc(NC(=O)C(=O)Nc2cccc3cccnc23)cc1. The summed E-state index contributed by atoms with van der Waals surface area (Å²) in [6, 6.07) is 15.4. The summed E-state index contributed by atoms with van der Waals surface area (Å²) in [7, 11) is 2.85. The zero-order valence-corrected chi connectivity index (χ0v) is 15.3. The van der Waals surface area contributed by atoms with Gasteiger partial charge in [0.15, 0.2) is 0 Å². The molecule has 28 heavy (non-hydrogen) atoms. The Hall–Kier alpha value is -3.94. The molecule has 3 rings (SSSR count). The smallest absolute Gasteiger partial charge is 0.413 e. The number of para-hydroxylation sites is 1. The van der Waals surface area contributed by atoms with Gasteiger partial charge in [0.05, 0.1) is 18.3 Å². The topological polar surface area (TPSA) is 101 Å². The fourth-order valence-corrected chi connectivity index (χ4v) is 2.58. The number of aromatic nitrogens is 1. The summed E-state index contributed by atoms with van der Waals surface area (Å²) >= 11 is 0. The van der Waals surface area contributed by atoms with Crippen molar-refractivity contribution in [3.05, 3.63) is 60.8 Å². The first kappa shape index (κ1) is 18.8. The number of fused-ring (bicyclic) bond motifs is 1. The lowest BCUT2D eigenvalue weighted by Crippen LogP contribution is -2.29. The number of carbonyl (C=O) groups is 3. The van der Waals surface area contributed by atoms with Gasteiger partial charge in [-0.05, 0) is 36.4 Å².